The molecule has 0 spiro atoms. The molecule has 124 valence electrons. The Morgan fingerprint density at radius 2 is 1.62 bits per heavy atom. The molecule has 0 saturated carbocycles. The Bertz CT molecular complexity index is 802. The van der Waals surface area contributed by atoms with Crippen molar-refractivity contribution in [2.75, 3.05) is 24.3 Å². The van der Waals surface area contributed by atoms with Crippen LogP contribution in [0.5, 0.6) is 0 Å². The van der Waals surface area contributed by atoms with E-state index in [1.54, 1.807) is 24.3 Å². The normalized spacial score (nSPS) is 10.1. The maximum absolute atomic E-state index is 12.2. The summed E-state index contributed by atoms with van der Waals surface area (Å²) < 4.78 is 0. The highest BCUT2D eigenvalue weighted by Gasteiger charge is 2.24. The number of nitro benzene ring substituents is 2. The lowest BCUT2D eigenvalue weighted by molar-refractivity contribution is -0.394. The lowest BCUT2D eigenvalue weighted by Crippen LogP contribution is -2.14. The number of non-ortho nitro benzene ring substituents is 1. The third-order valence-corrected chi connectivity index (χ3v) is 3.28. The molecule has 0 aromatic heterocycles. The number of rotatable bonds is 5. The van der Waals surface area contributed by atoms with Crippen LogP contribution >= 0.6 is 0 Å². The van der Waals surface area contributed by atoms with Gasteiger partial charge in [0.05, 0.1) is 15.9 Å². The van der Waals surface area contributed by atoms with Gasteiger partial charge in [-0.1, -0.05) is 0 Å². The average Bonchev–Trinajstić information content (AvgIpc) is 2.54. The van der Waals surface area contributed by atoms with Crippen molar-refractivity contribution >= 4 is 28.7 Å². The first-order valence-electron chi connectivity index (χ1n) is 6.81. The quantitative estimate of drug-likeness (QED) is 0.665. The SMILES string of the molecule is CN(C)c1ccc(NC(=O)c2ccc([N+](=O)[O-])cc2[N+](=O)[O-])cc1. The van der Waals surface area contributed by atoms with Gasteiger partial charge in [-0.3, -0.25) is 25.0 Å². The maximum atomic E-state index is 12.2. The Kier molecular flexibility index (Phi) is 4.73. The molecule has 0 aliphatic rings. The Morgan fingerprint density at radius 1 is 1.00 bits per heavy atom. The number of nitro groups is 2. The molecule has 0 unspecified atom stereocenters. The topological polar surface area (TPSA) is 119 Å². The van der Waals surface area contributed by atoms with Gasteiger partial charge in [0.15, 0.2) is 0 Å². The van der Waals surface area contributed by atoms with Crippen molar-refractivity contribution in [1.82, 2.24) is 0 Å². The first-order valence-corrected chi connectivity index (χ1v) is 6.81. The number of hydrogen-bond acceptors (Lipinski definition) is 6. The second-order valence-electron chi connectivity index (χ2n) is 5.11. The summed E-state index contributed by atoms with van der Waals surface area (Å²) in [6.07, 6.45) is 0. The van der Waals surface area contributed by atoms with E-state index in [-0.39, 0.29) is 5.56 Å². The summed E-state index contributed by atoms with van der Waals surface area (Å²) in [5.74, 6) is -0.714. The maximum Gasteiger partial charge on any atom is 0.289 e. The molecular formula is C15H14N4O5. The molecule has 2 aromatic rings. The summed E-state index contributed by atoms with van der Waals surface area (Å²) in [4.78, 5) is 34.3. The largest absolute Gasteiger partial charge is 0.378 e. The van der Waals surface area contributed by atoms with E-state index in [4.69, 9.17) is 0 Å². The van der Waals surface area contributed by atoms with Gasteiger partial charge < -0.3 is 10.2 Å². The third-order valence-electron chi connectivity index (χ3n) is 3.28. The van der Waals surface area contributed by atoms with E-state index in [2.05, 4.69) is 5.32 Å². The number of benzene rings is 2. The zero-order chi connectivity index (χ0) is 17.9. The fraction of sp³-hybridized carbons (Fsp3) is 0.133. The summed E-state index contributed by atoms with van der Waals surface area (Å²) in [5.41, 5.74) is 0.0649. The first kappa shape index (κ1) is 16.9. The van der Waals surface area contributed by atoms with Gasteiger partial charge in [0.2, 0.25) is 0 Å². The fourth-order valence-corrected chi connectivity index (χ4v) is 2.02. The number of hydrogen-bond donors (Lipinski definition) is 1. The van der Waals surface area contributed by atoms with Crippen LogP contribution in [0.15, 0.2) is 42.5 Å². The van der Waals surface area contributed by atoms with E-state index in [0.717, 1.165) is 23.9 Å². The summed E-state index contributed by atoms with van der Waals surface area (Å²) >= 11 is 0. The second-order valence-corrected chi connectivity index (χ2v) is 5.11. The van der Waals surface area contributed by atoms with Crippen LogP contribution in [0, 0.1) is 20.2 Å². The Balaban J connectivity index is 2.29. The molecule has 0 bridgehead atoms. The molecule has 9 heteroatoms. The highest BCUT2D eigenvalue weighted by molar-refractivity contribution is 6.07. The standard InChI is InChI=1S/C15H14N4O5/c1-17(2)11-5-3-10(4-6-11)16-15(20)13-8-7-12(18(21)22)9-14(13)19(23)24/h3-9H,1-2H3,(H,16,20). The highest BCUT2D eigenvalue weighted by atomic mass is 16.6. The molecule has 24 heavy (non-hydrogen) atoms. The molecule has 0 atom stereocenters. The molecule has 0 fully saturated rings. The van der Waals surface area contributed by atoms with Crippen LogP contribution in [0.3, 0.4) is 0 Å². The van der Waals surface area contributed by atoms with Crippen LogP contribution in [0.1, 0.15) is 10.4 Å². The number of carbonyl (C=O) groups excluding carboxylic acids is 1. The van der Waals surface area contributed by atoms with E-state index >= 15 is 0 Å². The highest BCUT2D eigenvalue weighted by Crippen LogP contribution is 2.25. The van der Waals surface area contributed by atoms with E-state index in [1.165, 1.54) is 0 Å². The third kappa shape index (κ3) is 3.64. The van der Waals surface area contributed by atoms with Crippen molar-refractivity contribution in [3.05, 3.63) is 68.3 Å². The Labute approximate surface area is 136 Å². The van der Waals surface area contributed by atoms with Crippen LogP contribution in [0.25, 0.3) is 0 Å². The molecule has 9 nitrogen and oxygen atoms in total. The smallest absolute Gasteiger partial charge is 0.289 e. The van der Waals surface area contributed by atoms with Gasteiger partial charge in [-0.15, -0.1) is 0 Å². The molecule has 0 heterocycles. The molecule has 0 aliphatic carbocycles. The lowest BCUT2D eigenvalue weighted by atomic mass is 10.1. The molecule has 2 rings (SSSR count). The van der Waals surface area contributed by atoms with E-state index < -0.39 is 27.1 Å². The van der Waals surface area contributed by atoms with Gasteiger partial charge in [0, 0.05) is 31.5 Å². The van der Waals surface area contributed by atoms with Gasteiger partial charge in [0.1, 0.15) is 5.56 Å². The molecular weight excluding hydrogens is 316 g/mol. The minimum Gasteiger partial charge on any atom is -0.378 e. The van der Waals surface area contributed by atoms with Crippen LogP contribution in [0.2, 0.25) is 0 Å². The number of carbonyl (C=O) groups is 1. The zero-order valence-electron chi connectivity index (χ0n) is 12.9. The predicted octanol–water partition coefficient (Wildman–Crippen LogP) is 2.82. The number of amides is 1. The summed E-state index contributed by atoms with van der Waals surface area (Å²) in [7, 11) is 3.74. The number of anilines is 2. The van der Waals surface area contributed by atoms with E-state index in [9.17, 15) is 25.0 Å². The van der Waals surface area contributed by atoms with E-state index in [1.807, 2.05) is 19.0 Å². The minimum atomic E-state index is -0.822. The van der Waals surface area contributed by atoms with Crippen molar-refractivity contribution in [2.45, 2.75) is 0 Å². The van der Waals surface area contributed by atoms with Crippen LogP contribution in [0.4, 0.5) is 22.7 Å². The van der Waals surface area contributed by atoms with Crippen molar-refractivity contribution in [3.8, 4) is 0 Å². The van der Waals surface area contributed by atoms with Gasteiger partial charge in [0.25, 0.3) is 17.3 Å². The molecule has 0 saturated heterocycles. The molecule has 0 aliphatic heterocycles. The van der Waals surface area contributed by atoms with E-state index in [0.29, 0.717) is 5.69 Å². The average molecular weight is 330 g/mol. The molecule has 0 radical (unpaired) electrons. The van der Waals surface area contributed by atoms with Gasteiger partial charge in [-0.25, -0.2) is 0 Å². The summed E-state index contributed by atoms with van der Waals surface area (Å²) in [5, 5.41) is 24.3. The molecule has 1 N–H and O–H groups in total. The Hall–Kier alpha value is -3.49. The summed E-state index contributed by atoms with van der Waals surface area (Å²) in [6.45, 7) is 0. The van der Waals surface area contributed by atoms with Crippen LogP contribution in [-0.4, -0.2) is 29.8 Å². The zero-order valence-corrected chi connectivity index (χ0v) is 12.9. The molecule has 2 aromatic carbocycles. The minimum absolute atomic E-state index is 0.248. The molecule has 1 amide bonds. The van der Waals surface area contributed by atoms with Gasteiger partial charge in [-0.2, -0.15) is 0 Å². The Morgan fingerprint density at radius 3 is 2.12 bits per heavy atom. The lowest BCUT2D eigenvalue weighted by Gasteiger charge is -2.13. The van der Waals surface area contributed by atoms with Crippen molar-refractivity contribution < 1.29 is 14.6 Å². The number of nitrogens with one attached hydrogen (secondary N) is 1. The van der Waals surface area contributed by atoms with Crippen LogP contribution < -0.4 is 10.2 Å². The van der Waals surface area contributed by atoms with Gasteiger partial charge >= 0.3 is 0 Å². The van der Waals surface area contributed by atoms with Crippen molar-refractivity contribution in [1.29, 1.82) is 0 Å². The number of nitrogens with zero attached hydrogens (tertiary/aromatic N) is 3. The predicted molar refractivity (Wildman–Crippen MR) is 88.5 cm³/mol. The monoisotopic (exact) mass is 330 g/mol. The van der Waals surface area contributed by atoms with Gasteiger partial charge in [-0.05, 0) is 30.3 Å². The second kappa shape index (κ2) is 6.73. The fourth-order valence-electron chi connectivity index (χ4n) is 2.02. The summed E-state index contributed by atoms with van der Waals surface area (Å²) in [6, 6.07) is 9.76. The first-order chi connectivity index (χ1) is 11.3. The van der Waals surface area contributed by atoms with Crippen molar-refractivity contribution in [3.63, 3.8) is 0 Å². The van der Waals surface area contributed by atoms with Crippen LogP contribution in [-0.2, 0) is 0 Å². The van der Waals surface area contributed by atoms with Crippen molar-refractivity contribution in [2.24, 2.45) is 0 Å².